The number of unbranched alkanes of at least 4 members (excludes halogenated alkanes) is 1. The Morgan fingerprint density at radius 2 is 1.83 bits per heavy atom. The summed E-state index contributed by atoms with van der Waals surface area (Å²) in [6.07, 6.45) is 1.86. The van der Waals surface area contributed by atoms with E-state index in [1.54, 1.807) is 30.3 Å². The first-order valence-electron chi connectivity index (χ1n) is 7.70. The number of anilines is 2. The van der Waals surface area contributed by atoms with E-state index in [9.17, 15) is 4.79 Å². The van der Waals surface area contributed by atoms with Gasteiger partial charge in [-0.05, 0) is 55.0 Å². The summed E-state index contributed by atoms with van der Waals surface area (Å²) >= 11 is 11.3. The van der Waals surface area contributed by atoms with Gasteiger partial charge in [0.25, 0.3) is 0 Å². The minimum Gasteiger partial charge on any atom is -0.462 e. The van der Waals surface area contributed by atoms with Crippen LogP contribution < -0.4 is 10.6 Å². The van der Waals surface area contributed by atoms with E-state index in [2.05, 4.69) is 10.6 Å². The number of para-hydroxylation sites is 1. The van der Waals surface area contributed by atoms with Crippen molar-refractivity contribution >= 4 is 46.3 Å². The van der Waals surface area contributed by atoms with Gasteiger partial charge in [0.15, 0.2) is 5.11 Å². The molecular weight excluding hydrogens is 344 g/mol. The second-order valence-electron chi connectivity index (χ2n) is 5.13. The highest BCUT2D eigenvalue weighted by Crippen LogP contribution is 2.20. The minimum atomic E-state index is -0.313. The molecule has 0 aromatic heterocycles. The summed E-state index contributed by atoms with van der Waals surface area (Å²) in [5.41, 5.74) is 2.01. The SMILES string of the molecule is CCCCOC(=O)c1ccc(NC(=S)Nc2ccccc2Cl)cc1. The summed E-state index contributed by atoms with van der Waals surface area (Å²) in [4.78, 5) is 11.8. The molecule has 0 spiro atoms. The molecule has 0 atom stereocenters. The van der Waals surface area contributed by atoms with Gasteiger partial charge in [0.2, 0.25) is 0 Å². The number of nitrogens with one attached hydrogen (secondary N) is 2. The van der Waals surface area contributed by atoms with E-state index in [1.807, 2.05) is 25.1 Å². The molecule has 0 bridgehead atoms. The third kappa shape index (κ3) is 5.51. The van der Waals surface area contributed by atoms with Crippen LogP contribution in [0.25, 0.3) is 0 Å². The maximum atomic E-state index is 11.8. The predicted molar refractivity (Wildman–Crippen MR) is 103 cm³/mol. The van der Waals surface area contributed by atoms with Gasteiger partial charge in [-0.3, -0.25) is 0 Å². The lowest BCUT2D eigenvalue weighted by molar-refractivity contribution is 0.0500. The van der Waals surface area contributed by atoms with Crippen LogP contribution in [0.15, 0.2) is 48.5 Å². The fourth-order valence-electron chi connectivity index (χ4n) is 1.93. The summed E-state index contributed by atoms with van der Waals surface area (Å²) in [7, 11) is 0. The second-order valence-corrected chi connectivity index (χ2v) is 5.94. The van der Waals surface area contributed by atoms with Crippen LogP contribution in [0, 0.1) is 0 Å². The minimum absolute atomic E-state index is 0.313. The summed E-state index contributed by atoms with van der Waals surface area (Å²) in [5, 5.41) is 7.08. The molecule has 2 aromatic rings. The van der Waals surface area contributed by atoms with Crippen molar-refractivity contribution in [3.8, 4) is 0 Å². The van der Waals surface area contributed by atoms with E-state index in [4.69, 9.17) is 28.6 Å². The van der Waals surface area contributed by atoms with Gasteiger partial charge in [0.1, 0.15) is 0 Å². The molecule has 6 heteroatoms. The van der Waals surface area contributed by atoms with Crippen molar-refractivity contribution in [2.45, 2.75) is 19.8 Å². The number of benzene rings is 2. The Labute approximate surface area is 152 Å². The Morgan fingerprint density at radius 1 is 1.12 bits per heavy atom. The van der Waals surface area contributed by atoms with E-state index >= 15 is 0 Å². The lowest BCUT2D eigenvalue weighted by Gasteiger charge is -2.12. The summed E-state index contributed by atoms with van der Waals surface area (Å²) in [6, 6.07) is 14.3. The van der Waals surface area contributed by atoms with Crippen molar-refractivity contribution in [1.29, 1.82) is 0 Å². The van der Waals surface area contributed by atoms with Gasteiger partial charge in [-0.25, -0.2) is 4.79 Å². The molecule has 0 radical (unpaired) electrons. The number of carbonyl (C=O) groups is 1. The number of esters is 1. The summed E-state index contributed by atoms with van der Waals surface area (Å²) in [6.45, 7) is 2.50. The van der Waals surface area contributed by atoms with Crippen molar-refractivity contribution in [3.05, 3.63) is 59.1 Å². The molecular formula is C18H19ClN2O2S. The van der Waals surface area contributed by atoms with Gasteiger partial charge in [0, 0.05) is 5.69 Å². The largest absolute Gasteiger partial charge is 0.462 e. The number of hydrogen-bond donors (Lipinski definition) is 2. The first-order valence-corrected chi connectivity index (χ1v) is 8.48. The Balaban J connectivity index is 1.90. The Bertz CT molecular complexity index is 704. The van der Waals surface area contributed by atoms with Gasteiger partial charge in [-0.15, -0.1) is 0 Å². The molecule has 0 heterocycles. The molecule has 0 aliphatic heterocycles. The van der Waals surface area contributed by atoms with Crippen LogP contribution >= 0.6 is 23.8 Å². The highest BCUT2D eigenvalue weighted by Gasteiger charge is 2.07. The average molecular weight is 363 g/mol. The summed E-state index contributed by atoms with van der Waals surface area (Å²) < 4.78 is 5.17. The highest BCUT2D eigenvalue weighted by molar-refractivity contribution is 7.80. The van der Waals surface area contributed by atoms with Crippen molar-refractivity contribution in [2.75, 3.05) is 17.2 Å². The van der Waals surface area contributed by atoms with E-state index in [0.29, 0.717) is 22.3 Å². The van der Waals surface area contributed by atoms with Gasteiger partial charge in [0.05, 0.1) is 22.9 Å². The second kappa shape index (κ2) is 9.25. The average Bonchev–Trinajstić information content (AvgIpc) is 2.58. The monoisotopic (exact) mass is 362 g/mol. The van der Waals surface area contributed by atoms with Crippen molar-refractivity contribution in [1.82, 2.24) is 0 Å². The standard InChI is InChI=1S/C18H19ClN2O2S/c1-2-3-12-23-17(22)13-8-10-14(11-9-13)20-18(24)21-16-7-5-4-6-15(16)19/h4-11H,2-3,12H2,1H3,(H2,20,21,24). The van der Waals surface area contributed by atoms with Gasteiger partial charge < -0.3 is 15.4 Å². The van der Waals surface area contributed by atoms with Crippen molar-refractivity contribution in [2.24, 2.45) is 0 Å². The van der Waals surface area contributed by atoms with Gasteiger partial charge in [-0.1, -0.05) is 37.1 Å². The van der Waals surface area contributed by atoms with Crippen molar-refractivity contribution in [3.63, 3.8) is 0 Å². The number of halogens is 1. The fraction of sp³-hybridized carbons (Fsp3) is 0.222. The number of hydrogen-bond acceptors (Lipinski definition) is 3. The third-order valence-corrected chi connectivity index (χ3v) is 3.77. The molecule has 2 N–H and O–H groups in total. The Kier molecular flexibility index (Phi) is 7.03. The maximum absolute atomic E-state index is 11.8. The van der Waals surface area contributed by atoms with Crippen LogP contribution in [0.3, 0.4) is 0 Å². The summed E-state index contributed by atoms with van der Waals surface area (Å²) in [5.74, 6) is -0.313. The van der Waals surface area contributed by atoms with E-state index < -0.39 is 0 Å². The van der Waals surface area contributed by atoms with Crippen LogP contribution in [-0.2, 0) is 4.74 Å². The quantitative estimate of drug-likeness (QED) is 0.425. The predicted octanol–water partition coefficient (Wildman–Crippen LogP) is 5.11. The highest BCUT2D eigenvalue weighted by atomic mass is 35.5. The zero-order chi connectivity index (χ0) is 17.4. The molecule has 0 aliphatic carbocycles. The van der Waals surface area contributed by atoms with Gasteiger partial charge in [-0.2, -0.15) is 0 Å². The lowest BCUT2D eigenvalue weighted by atomic mass is 10.2. The topological polar surface area (TPSA) is 50.4 Å². The zero-order valence-electron chi connectivity index (χ0n) is 13.3. The molecule has 4 nitrogen and oxygen atoms in total. The molecule has 126 valence electrons. The van der Waals surface area contributed by atoms with Crippen LogP contribution in [0.5, 0.6) is 0 Å². The Hall–Kier alpha value is -2.11. The number of carbonyl (C=O) groups excluding carboxylic acids is 1. The molecule has 0 saturated heterocycles. The maximum Gasteiger partial charge on any atom is 0.338 e. The number of rotatable bonds is 6. The fourth-order valence-corrected chi connectivity index (χ4v) is 2.34. The first-order chi connectivity index (χ1) is 11.6. The molecule has 0 fully saturated rings. The van der Waals surface area contributed by atoms with Crippen LogP contribution in [0.1, 0.15) is 30.1 Å². The molecule has 2 aromatic carbocycles. The molecule has 24 heavy (non-hydrogen) atoms. The van der Waals surface area contributed by atoms with E-state index in [0.717, 1.165) is 24.2 Å². The van der Waals surface area contributed by atoms with E-state index in [1.165, 1.54) is 0 Å². The van der Waals surface area contributed by atoms with Gasteiger partial charge >= 0.3 is 5.97 Å². The van der Waals surface area contributed by atoms with Crippen molar-refractivity contribution < 1.29 is 9.53 Å². The first kappa shape index (κ1) is 18.2. The number of ether oxygens (including phenoxy) is 1. The molecule has 0 saturated carbocycles. The molecule has 2 rings (SSSR count). The molecule has 0 aliphatic rings. The molecule has 0 amide bonds. The molecule has 0 unspecified atom stereocenters. The Morgan fingerprint density at radius 3 is 2.50 bits per heavy atom. The third-order valence-electron chi connectivity index (χ3n) is 3.23. The van der Waals surface area contributed by atoms with Crippen LogP contribution in [0.2, 0.25) is 5.02 Å². The zero-order valence-corrected chi connectivity index (χ0v) is 14.9. The van der Waals surface area contributed by atoms with E-state index in [-0.39, 0.29) is 5.97 Å². The van der Waals surface area contributed by atoms with Crippen LogP contribution in [-0.4, -0.2) is 17.7 Å². The normalized spacial score (nSPS) is 10.1. The lowest BCUT2D eigenvalue weighted by Crippen LogP contribution is -2.19. The van der Waals surface area contributed by atoms with Crippen LogP contribution in [0.4, 0.5) is 11.4 Å². The smallest absolute Gasteiger partial charge is 0.338 e. The number of thiocarbonyl (C=S) groups is 1.